The fraction of sp³-hybridized carbons (Fsp3) is 0.0714. The van der Waals surface area contributed by atoms with Crippen molar-refractivity contribution in [3.05, 3.63) is 59.7 Å². The second-order valence-corrected chi connectivity index (χ2v) is 5.98. The average molecular weight is 326 g/mol. The van der Waals surface area contributed by atoms with Crippen LogP contribution in [0.3, 0.4) is 0 Å². The third-order valence-corrected chi connectivity index (χ3v) is 3.89. The minimum absolute atomic E-state index is 0.270. The number of alkyl halides is 1. The zero-order valence-corrected chi connectivity index (χ0v) is 12.4. The van der Waals surface area contributed by atoms with E-state index in [1.165, 1.54) is 24.3 Å². The molecule has 0 radical (unpaired) electrons. The van der Waals surface area contributed by atoms with E-state index < -0.39 is 16.0 Å². The van der Waals surface area contributed by atoms with Crippen molar-refractivity contribution in [1.29, 1.82) is 0 Å². The third-order valence-electron chi connectivity index (χ3n) is 2.73. The van der Waals surface area contributed by atoms with E-state index in [0.29, 0.717) is 11.4 Å². The molecule has 2 aromatic rings. The highest BCUT2D eigenvalue weighted by Gasteiger charge is 2.11. The molecule has 0 atom stereocenters. The van der Waals surface area contributed by atoms with Crippen molar-refractivity contribution in [3.63, 3.8) is 0 Å². The number of halogens is 1. The molecule has 0 spiro atoms. The number of hydrogen-bond donors (Lipinski definition) is 2. The molecule has 0 aliphatic heterocycles. The summed E-state index contributed by atoms with van der Waals surface area (Å²) in [5, 5.41) is 2.56. The Morgan fingerprint density at radius 2 is 1.86 bits per heavy atom. The van der Waals surface area contributed by atoms with Crippen LogP contribution < -0.4 is 5.32 Å². The molecule has 0 unspecified atom stereocenters. The first-order chi connectivity index (χ1) is 9.90. The summed E-state index contributed by atoms with van der Waals surface area (Å²) in [5.74, 6) is -0.103. The second-order valence-electron chi connectivity index (χ2n) is 4.29. The van der Waals surface area contributed by atoms with Gasteiger partial charge in [0.25, 0.3) is 16.0 Å². The molecule has 0 bridgehead atoms. The molecule has 0 aromatic heterocycles. The van der Waals surface area contributed by atoms with E-state index in [9.17, 15) is 13.2 Å². The van der Waals surface area contributed by atoms with E-state index in [2.05, 4.69) is 5.32 Å². The molecule has 0 heterocycles. The number of carbonyl (C=O) groups is 1. The predicted octanol–water partition coefficient (Wildman–Crippen LogP) is 2.92. The fourth-order valence-corrected chi connectivity index (χ4v) is 2.43. The smallest absolute Gasteiger partial charge is 0.294 e. The standard InChI is InChI=1S/C14H12ClNO4S/c15-9-10-3-1-4-11(7-10)14(17)16-12-5-2-6-13(8-12)21(18,19)20/h1-8H,9H2,(H,16,17)(H,18,19,20). The van der Waals surface area contributed by atoms with Crippen molar-refractivity contribution < 1.29 is 17.8 Å². The molecule has 0 saturated heterocycles. The van der Waals surface area contributed by atoms with Gasteiger partial charge < -0.3 is 5.32 Å². The van der Waals surface area contributed by atoms with Crippen molar-refractivity contribution in [3.8, 4) is 0 Å². The number of hydrogen-bond acceptors (Lipinski definition) is 3. The van der Waals surface area contributed by atoms with Gasteiger partial charge in [-0.25, -0.2) is 0 Å². The number of anilines is 1. The number of benzene rings is 2. The molecule has 5 nitrogen and oxygen atoms in total. The summed E-state index contributed by atoms with van der Waals surface area (Å²) in [5.41, 5.74) is 1.48. The van der Waals surface area contributed by atoms with Crippen LogP contribution in [0.15, 0.2) is 53.4 Å². The Kier molecular flexibility index (Phi) is 4.62. The first-order valence-electron chi connectivity index (χ1n) is 5.94. The van der Waals surface area contributed by atoms with Gasteiger partial charge in [-0.3, -0.25) is 9.35 Å². The van der Waals surface area contributed by atoms with Crippen molar-refractivity contribution >= 4 is 33.3 Å². The van der Waals surface area contributed by atoms with Gasteiger partial charge in [0.1, 0.15) is 0 Å². The van der Waals surface area contributed by atoms with E-state index in [0.717, 1.165) is 5.56 Å². The lowest BCUT2D eigenvalue weighted by molar-refractivity contribution is 0.102. The zero-order valence-electron chi connectivity index (χ0n) is 10.8. The monoisotopic (exact) mass is 325 g/mol. The SMILES string of the molecule is O=C(Nc1cccc(S(=O)(=O)O)c1)c1cccc(CCl)c1. The van der Waals surface area contributed by atoms with Gasteiger partial charge in [0.15, 0.2) is 0 Å². The van der Waals surface area contributed by atoms with Gasteiger partial charge in [0, 0.05) is 17.1 Å². The quantitative estimate of drug-likeness (QED) is 0.668. The normalized spacial score (nSPS) is 11.1. The van der Waals surface area contributed by atoms with Crippen LogP contribution in [0.1, 0.15) is 15.9 Å². The van der Waals surface area contributed by atoms with Crippen LogP contribution >= 0.6 is 11.6 Å². The number of amides is 1. The van der Waals surface area contributed by atoms with Gasteiger partial charge in [0.05, 0.1) is 4.90 Å². The van der Waals surface area contributed by atoms with Crippen molar-refractivity contribution in [1.82, 2.24) is 0 Å². The number of nitrogens with one attached hydrogen (secondary N) is 1. The summed E-state index contributed by atoms with van der Waals surface area (Å²) in [4.78, 5) is 11.8. The van der Waals surface area contributed by atoms with E-state index in [4.69, 9.17) is 16.2 Å². The van der Waals surface area contributed by atoms with Crippen LogP contribution in [-0.4, -0.2) is 18.9 Å². The molecule has 2 rings (SSSR count). The van der Waals surface area contributed by atoms with E-state index in [1.54, 1.807) is 24.3 Å². The highest BCUT2D eigenvalue weighted by Crippen LogP contribution is 2.16. The average Bonchev–Trinajstić information content (AvgIpc) is 2.46. The molecule has 21 heavy (non-hydrogen) atoms. The Hall–Kier alpha value is -1.89. The van der Waals surface area contributed by atoms with E-state index >= 15 is 0 Å². The van der Waals surface area contributed by atoms with Crippen LogP contribution in [0.5, 0.6) is 0 Å². The molecule has 7 heteroatoms. The van der Waals surface area contributed by atoms with Crippen LogP contribution in [0, 0.1) is 0 Å². The highest BCUT2D eigenvalue weighted by molar-refractivity contribution is 7.85. The van der Waals surface area contributed by atoms with Crippen LogP contribution in [-0.2, 0) is 16.0 Å². The largest absolute Gasteiger partial charge is 0.322 e. The molecule has 0 saturated carbocycles. The summed E-state index contributed by atoms with van der Waals surface area (Å²) in [7, 11) is -4.31. The highest BCUT2D eigenvalue weighted by atomic mass is 35.5. The Labute approximate surface area is 127 Å². The van der Waals surface area contributed by atoms with Crippen LogP contribution in [0.2, 0.25) is 0 Å². The first-order valence-corrected chi connectivity index (χ1v) is 7.91. The van der Waals surface area contributed by atoms with E-state index in [1.807, 2.05) is 0 Å². The molecule has 0 fully saturated rings. The van der Waals surface area contributed by atoms with Crippen LogP contribution in [0.4, 0.5) is 5.69 Å². The lowest BCUT2D eigenvalue weighted by atomic mass is 10.1. The van der Waals surface area contributed by atoms with Gasteiger partial charge >= 0.3 is 0 Å². The van der Waals surface area contributed by atoms with Crippen molar-refractivity contribution in [2.24, 2.45) is 0 Å². The molecule has 110 valence electrons. The zero-order chi connectivity index (χ0) is 15.5. The molecule has 2 N–H and O–H groups in total. The van der Waals surface area contributed by atoms with Crippen LogP contribution in [0.25, 0.3) is 0 Å². The molecule has 0 aliphatic rings. The van der Waals surface area contributed by atoms with Crippen molar-refractivity contribution in [2.45, 2.75) is 10.8 Å². The Morgan fingerprint density at radius 3 is 2.52 bits per heavy atom. The van der Waals surface area contributed by atoms with Gasteiger partial charge in [-0.15, -0.1) is 11.6 Å². The molecular weight excluding hydrogens is 314 g/mol. The number of carbonyl (C=O) groups excluding carboxylic acids is 1. The lowest BCUT2D eigenvalue weighted by Crippen LogP contribution is -2.12. The Morgan fingerprint density at radius 1 is 1.14 bits per heavy atom. The third kappa shape index (κ3) is 4.04. The summed E-state index contributed by atoms with van der Waals surface area (Å²) in [6, 6.07) is 12.1. The Balaban J connectivity index is 2.23. The first kappa shape index (κ1) is 15.5. The van der Waals surface area contributed by atoms with Gasteiger partial charge in [-0.1, -0.05) is 18.2 Å². The predicted molar refractivity (Wildman–Crippen MR) is 80.2 cm³/mol. The van der Waals surface area contributed by atoms with Gasteiger partial charge in [0.2, 0.25) is 0 Å². The Bertz CT molecular complexity index is 774. The topological polar surface area (TPSA) is 83.5 Å². The summed E-state index contributed by atoms with van der Waals surface area (Å²) < 4.78 is 31.1. The molecule has 2 aromatic carbocycles. The van der Waals surface area contributed by atoms with E-state index in [-0.39, 0.29) is 10.6 Å². The molecule has 0 aliphatic carbocycles. The lowest BCUT2D eigenvalue weighted by Gasteiger charge is -2.07. The van der Waals surface area contributed by atoms with Gasteiger partial charge in [-0.2, -0.15) is 8.42 Å². The minimum Gasteiger partial charge on any atom is -0.322 e. The van der Waals surface area contributed by atoms with Gasteiger partial charge in [-0.05, 0) is 35.9 Å². The molecular formula is C14H12ClNO4S. The maximum Gasteiger partial charge on any atom is 0.294 e. The molecule has 1 amide bonds. The number of rotatable bonds is 4. The summed E-state index contributed by atoms with van der Waals surface area (Å²) >= 11 is 5.71. The summed E-state index contributed by atoms with van der Waals surface area (Å²) in [6.07, 6.45) is 0. The van der Waals surface area contributed by atoms with Crippen molar-refractivity contribution in [2.75, 3.05) is 5.32 Å². The maximum atomic E-state index is 12.1. The maximum absolute atomic E-state index is 12.1. The second kappa shape index (κ2) is 6.26. The fourth-order valence-electron chi connectivity index (χ4n) is 1.73. The summed E-state index contributed by atoms with van der Waals surface area (Å²) in [6.45, 7) is 0. The minimum atomic E-state index is -4.31.